The molecule has 20 heavy (non-hydrogen) atoms. The van der Waals surface area contributed by atoms with Crippen molar-refractivity contribution >= 4 is 49.1 Å². The van der Waals surface area contributed by atoms with Gasteiger partial charge in [-0.1, -0.05) is 12.1 Å². The fourth-order valence-corrected chi connectivity index (χ4v) is 3.79. The van der Waals surface area contributed by atoms with Crippen molar-refractivity contribution in [2.24, 2.45) is 0 Å². The highest BCUT2D eigenvalue weighted by molar-refractivity contribution is 9.13. The number of nitrogens with zero attached hydrogens (tertiary/aromatic N) is 1. The number of halogens is 2. The van der Waals surface area contributed by atoms with Gasteiger partial charge < -0.3 is 9.64 Å². The largest absolute Gasteiger partial charge is 0.497 e. The Bertz CT molecular complexity index is 608. The van der Waals surface area contributed by atoms with E-state index in [0.717, 1.165) is 19.6 Å². The molecule has 0 N–H and O–H groups in total. The van der Waals surface area contributed by atoms with Crippen LogP contribution < -0.4 is 4.74 Å². The van der Waals surface area contributed by atoms with Gasteiger partial charge in [0.1, 0.15) is 5.75 Å². The average molecular weight is 419 g/mol. The molecule has 1 aromatic carbocycles. The van der Waals surface area contributed by atoms with Crippen molar-refractivity contribution in [3.05, 3.63) is 49.0 Å². The zero-order chi connectivity index (χ0) is 14.7. The van der Waals surface area contributed by atoms with Crippen molar-refractivity contribution in [3.63, 3.8) is 0 Å². The summed E-state index contributed by atoms with van der Waals surface area (Å²) < 4.78 is 7.02. The van der Waals surface area contributed by atoms with Crippen LogP contribution in [-0.4, -0.2) is 25.0 Å². The van der Waals surface area contributed by atoms with E-state index in [9.17, 15) is 4.79 Å². The van der Waals surface area contributed by atoms with Crippen LogP contribution in [0.15, 0.2) is 38.6 Å². The highest BCUT2D eigenvalue weighted by Crippen LogP contribution is 2.33. The van der Waals surface area contributed by atoms with E-state index in [-0.39, 0.29) is 5.91 Å². The molecular weight excluding hydrogens is 406 g/mol. The Hall–Kier alpha value is -0.850. The molecule has 0 aliphatic carbocycles. The van der Waals surface area contributed by atoms with Crippen molar-refractivity contribution in [2.75, 3.05) is 14.2 Å². The van der Waals surface area contributed by atoms with Crippen LogP contribution in [0.2, 0.25) is 0 Å². The molecule has 0 fully saturated rings. The molecule has 0 aliphatic rings. The minimum atomic E-state index is 0.00391. The molecule has 0 radical (unpaired) electrons. The van der Waals surface area contributed by atoms with E-state index in [4.69, 9.17) is 4.74 Å². The SMILES string of the molecule is COc1cccc(CN(C)C(=O)c2cc(Br)c(Br)s2)c1. The lowest BCUT2D eigenvalue weighted by atomic mass is 10.2. The predicted molar refractivity (Wildman–Crippen MR) is 88.5 cm³/mol. The van der Waals surface area contributed by atoms with Gasteiger partial charge >= 0.3 is 0 Å². The third kappa shape index (κ3) is 3.62. The summed E-state index contributed by atoms with van der Waals surface area (Å²) in [6.45, 7) is 0.545. The summed E-state index contributed by atoms with van der Waals surface area (Å²) in [7, 11) is 3.43. The van der Waals surface area contributed by atoms with Gasteiger partial charge in [0.15, 0.2) is 0 Å². The molecule has 1 aromatic heterocycles. The Morgan fingerprint density at radius 2 is 2.10 bits per heavy atom. The number of methoxy groups -OCH3 is 1. The minimum absolute atomic E-state index is 0.00391. The topological polar surface area (TPSA) is 29.5 Å². The van der Waals surface area contributed by atoms with E-state index < -0.39 is 0 Å². The van der Waals surface area contributed by atoms with Crippen LogP contribution in [-0.2, 0) is 6.54 Å². The minimum Gasteiger partial charge on any atom is -0.497 e. The molecule has 0 saturated heterocycles. The van der Waals surface area contributed by atoms with E-state index >= 15 is 0 Å². The Balaban J connectivity index is 2.10. The van der Waals surface area contributed by atoms with Crippen LogP contribution in [0.1, 0.15) is 15.2 Å². The zero-order valence-corrected chi connectivity index (χ0v) is 15.0. The van der Waals surface area contributed by atoms with Gasteiger partial charge in [-0.25, -0.2) is 0 Å². The van der Waals surface area contributed by atoms with Gasteiger partial charge in [0, 0.05) is 18.1 Å². The van der Waals surface area contributed by atoms with Gasteiger partial charge in [-0.3, -0.25) is 4.79 Å². The second-order valence-electron chi connectivity index (χ2n) is 4.25. The number of ether oxygens (including phenoxy) is 1. The van der Waals surface area contributed by atoms with E-state index in [2.05, 4.69) is 31.9 Å². The number of hydrogen-bond acceptors (Lipinski definition) is 3. The fourth-order valence-electron chi connectivity index (χ4n) is 1.76. The molecule has 0 atom stereocenters. The lowest BCUT2D eigenvalue weighted by molar-refractivity contribution is 0.0789. The molecular formula is C14H13Br2NO2S. The van der Waals surface area contributed by atoms with E-state index in [1.54, 1.807) is 19.1 Å². The number of carbonyl (C=O) groups is 1. The first-order valence-corrected chi connectivity index (χ1v) is 8.24. The molecule has 0 bridgehead atoms. The maximum absolute atomic E-state index is 12.3. The number of hydrogen-bond donors (Lipinski definition) is 0. The van der Waals surface area contributed by atoms with Gasteiger partial charge in [-0.05, 0) is 55.6 Å². The molecule has 2 rings (SSSR count). The zero-order valence-electron chi connectivity index (χ0n) is 11.0. The number of rotatable bonds is 4. The predicted octanol–water partition coefficient (Wildman–Crippen LogP) is 4.55. The Morgan fingerprint density at radius 3 is 2.70 bits per heavy atom. The van der Waals surface area contributed by atoms with Gasteiger partial charge in [0.2, 0.25) is 0 Å². The van der Waals surface area contributed by atoms with Crippen LogP contribution in [0.5, 0.6) is 5.75 Å². The summed E-state index contributed by atoms with van der Waals surface area (Å²) in [5.41, 5.74) is 1.04. The molecule has 0 saturated carbocycles. The molecule has 1 heterocycles. The number of benzene rings is 1. The number of amides is 1. The molecule has 0 aliphatic heterocycles. The molecule has 1 amide bonds. The van der Waals surface area contributed by atoms with Crippen molar-refractivity contribution < 1.29 is 9.53 Å². The average Bonchev–Trinajstić information content (AvgIpc) is 2.78. The second kappa shape index (κ2) is 6.74. The highest BCUT2D eigenvalue weighted by Gasteiger charge is 2.16. The molecule has 0 unspecified atom stereocenters. The Kier molecular flexibility index (Phi) is 5.23. The Morgan fingerprint density at radius 1 is 1.35 bits per heavy atom. The lowest BCUT2D eigenvalue weighted by Gasteiger charge is -2.16. The Labute approximate surface area is 138 Å². The lowest BCUT2D eigenvalue weighted by Crippen LogP contribution is -2.25. The molecule has 6 heteroatoms. The fraction of sp³-hybridized carbons (Fsp3) is 0.214. The maximum atomic E-state index is 12.3. The number of carbonyl (C=O) groups excluding carboxylic acids is 1. The third-order valence-electron chi connectivity index (χ3n) is 2.76. The summed E-state index contributed by atoms with van der Waals surface area (Å²) in [6, 6.07) is 9.55. The highest BCUT2D eigenvalue weighted by atomic mass is 79.9. The number of thiophene rings is 1. The summed E-state index contributed by atoms with van der Waals surface area (Å²) in [6.07, 6.45) is 0. The van der Waals surface area contributed by atoms with Crippen LogP contribution in [0.3, 0.4) is 0 Å². The summed E-state index contributed by atoms with van der Waals surface area (Å²) in [5.74, 6) is 0.800. The summed E-state index contributed by atoms with van der Waals surface area (Å²) in [4.78, 5) is 14.7. The molecule has 0 spiro atoms. The molecule has 3 nitrogen and oxygen atoms in total. The van der Waals surface area contributed by atoms with Gasteiger partial charge in [-0.2, -0.15) is 0 Å². The first-order valence-electron chi connectivity index (χ1n) is 5.84. The third-order valence-corrected chi connectivity index (χ3v) is 6.00. The monoisotopic (exact) mass is 417 g/mol. The van der Waals surface area contributed by atoms with E-state index in [1.165, 1.54) is 11.3 Å². The maximum Gasteiger partial charge on any atom is 0.264 e. The van der Waals surface area contributed by atoms with Gasteiger partial charge in [-0.15, -0.1) is 11.3 Å². The van der Waals surface area contributed by atoms with Gasteiger partial charge in [0.05, 0.1) is 15.8 Å². The normalized spacial score (nSPS) is 10.4. The van der Waals surface area contributed by atoms with E-state index in [1.807, 2.05) is 30.3 Å². The van der Waals surface area contributed by atoms with Crippen LogP contribution in [0.25, 0.3) is 0 Å². The standard InChI is InChI=1S/C14H13Br2NO2S/c1-17(8-9-4-3-5-10(6-9)19-2)14(18)12-7-11(15)13(16)20-12/h3-7H,8H2,1-2H3. The van der Waals surface area contributed by atoms with Crippen LogP contribution in [0, 0.1) is 0 Å². The second-order valence-corrected chi connectivity index (χ2v) is 7.47. The van der Waals surface area contributed by atoms with Crippen LogP contribution in [0.4, 0.5) is 0 Å². The first kappa shape index (κ1) is 15.5. The van der Waals surface area contributed by atoms with Crippen molar-refractivity contribution in [3.8, 4) is 5.75 Å². The summed E-state index contributed by atoms with van der Waals surface area (Å²) >= 11 is 8.22. The quantitative estimate of drug-likeness (QED) is 0.728. The molecule has 106 valence electrons. The summed E-state index contributed by atoms with van der Waals surface area (Å²) in [5, 5.41) is 0. The van der Waals surface area contributed by atoms with Crippen molar-refractivity contribution in [2.45, 2.75) is 6.54 Å². The van der Waals surface area contributed by atoms with Crippen molar-refractivity contribution in [1.29, 1.82) is 0 Å². The smallest absolute Gasteiger partial charge is 0.264 e. The van der Waals surface area contributed by atoms with Crippen molar-refractivity contribution in [1.82, 2.24) is 4.90 Å². The molecule has 2 aromatic rings. The first-order chi connectivity index (χ1) is 9.51. The van der Waals surface area contributed by atoms with E-state index in [0.29, 0.717) is 11.4 Å². The van der Waals surface area contributed by atoms with Gasteiger partial charge in [0.25, 0.3) is 5.91 Å². The van der Waals surface area contributed by atoms with Crippen LogP contribution >= 0.6 is 43.2 Å².